The molecule has 2 aliphatic heterocycles. The maximum atomic E-state index is 13.0. The Morgan fingerprint density at radius 1 is 1.00 bits per heavy atom. The third-order valence-electron chi connectivity index (χ3n) is 6.33. The summed E-state index contributed by atoms with van der Waals surface area (Å²) in [5.74, 6) is -1.42. The van der Waals surface area contributed by atoms with E-state index in [-0.39, 0.29) is 36.3 Å². The van der Waals surface area contributed by atoms with Crippen LogP contribution >= 0.6 is 0 Å². The van der Waals surface area contributed by atoms with Crippen molar-refractivity contribution in [3.05, 3.63) is 71.8 Å². The minimum Gasteiger partial charge on any atom is -0.447 e. The van der Waals surface area contributed by atoms with Crippen LogP contribution in [0.4, 0.5) is 16.2 Å². The Hall–Kier alpha value is -4.14. The maximum absolute atomic E-state index is 13.0. The Morgan fingerprint density at radius 2 is 1.76 bits per heavy atom. The van der Waals surface area contributed by atoms with Crippen LogP contribution in [0.15, 0.2) is 60.7 Å². The van der Waals surface area contributed by atoms with Crippen LogP contribution in [0, 0.1) is 11.8 Å². The molecule has 2 aromatic rings. The van der Waals surface area contributed by atoms with E-state index in [1.54, 1.807) is 29.2 Å². The molecule has 1 aliphatic carbocycles. The number of anilines is 2. The van der Waals surface area contributed by atoms with Crippen molar-refractivity contribution in [1.29, 1.82) is 0 Å². The van der Waals surface area contributed by atoms with E-state index < -0.39 is 5.92 Å². The van der Waals surface area contributed by atoms with Crippen molar-refractivity contribution in [3.8, 4) is 0 Å². The molecule has 0 radical (unpaired) electrons. The first-order chi connectivity index (χ1) is 16.5. The number of allylic oxidation sites excluding steroid dienone is 2. The lowest BCUT2D eigenvalue weighted by atomic mass is 9.80. The number of carbonyl (C=O) groups excluding carboxylic acids is 4. The van der Waals surface area contributed by atoms with Gasteiger partial charge in [-0.25, -0.2) is 9.80 Å². The van der Waals surface area contributed by atoms with Gasteiger partial charge in [-0.15, -0.1) is 0 Å². The second-order valence-corrected chi connectivity index (χ2v) is 8.47. The lowest BCUT2D eigenvalue weighted by molar-refractivity contribution is -0.139. The first-order valence-corrected chi connectivity index (χ1v) is 11.2. The second kappa shape index (κ2) is 9.01. The molecule has 2 atom stereocenters. The number of benzene rings is 2. The summed E-state index contributed by atoms with van der Waals surface area (Å²) in [5, 5.41) is 4.11. The quantitative estimate of drug-likeness (QED) is 0.667. The van der Waals surface area contributed by atoms with Crippen molar-refractivity contribution in [2.75, 3.05) is 23.1 Å². The van der Waals surface area contributed by atoms with Gasteiger partial charge in [-0.1, -0.05) is 30.4 Å². The second-order valence-electron chi connectivity index (χ2n) is 8.47. The van der Waals surface area contributed by atoms with Crippen LogP contribution in [0.25, 0.3) is 0 Å². The molecule has 0 saturated carbocycles. The number of carbonyl (C=O) groups is 4. The Labute approximate surface area is 196 Å². The van der Waals surface area contributed by atoms with E-state index in [4.69, 9.17) is 4.74 Å². The fraction of sp³-hybridized carbons (Fsp3) is 0.280. The largest absolute Gasteiger partial charge is 0.447 e. The van der Waals surface area contributed by atoms with Gasteiger partial charge in [0.15, 0.2) is 0 Å². The van der Waals surface area contributed by atoms with Crippen LogP contribution in [-0.2, 0) is 20.9 Å². The van der Waals surface area contributed by atoms with E-state index in [0.29, 0.717) is 42.9 Å². The van der Waals surface area contributed by atoms with Crippen molar-refractivity contribution < 1.29 is 23.9 Å². The molecule has 0 spiro atoms. The monoisotopic (exact) mass is 460 g/mol. The number of hydrogen-bond donors (Lipinski definition) is 2. The van der Waals surface area contributed by atoms with Crippen molar-refractivity contribution >= 4 is 35.2 Å². The fourth-order valence-electron chi connectivity index (χ4n) is 4.52. The molecule has 2 aromatic carbocycles. The smallest absolute Gasteiger partial charge is 0.414 e. The highest BCUT2D eigenvalue weighted by Gasteiger charge is 2.42. The first kappa shape index (κ1) is 21.7. The Bertz CT molecular complexity index is 1190. The summed E-state index contributed by atoms with van der Waals surface area (Å²) in [4.78, 5) is 51.7. The van der Waals surface area contributed by atoms with Crippen molar-refractivity contribution in [2.24, 2.45) is 11.8 Å². The molecule has 2 fully saturated rings. The summed E-state index contributed by atoms with van der Waals surface area (Å²) in [6.07, 6.45) is 4.57. The highest BCUT2D eigenvalue weighted by molar-refractivity contribution is 6.05. The Balaban J connectivity index is 1.27. The lowest BCUT2D eigenvalue weighted by Gasteiger charge is -2.38. The molecule has 174 valence electrons. The minimum absolute atomic E-state index is 0.177. The van der Waals surface area contributed by atoms with Gasteiger partial charge in [0.25, 0.3) is 5.91 Å². The maximum Gasteiger partial charge on any atom is 0.414 e. The number of hydrogen-bond acceptors (Lipinski definition) is 5. The van der Waals surface area contributed by atoms with Crippen LogP contribution in [-0.4, -0.2) is 37.0 Å². The first-order valence-electron chi connectivity index (χ1n) is 11.2. The number of nitrogens with one attached hydrogen (secondary N) is 2. The molecule has 0 bridgehead atoms. The van der Waals surface area contributed by atoms with E-state index in [2.05, 4.69) is 10.7 Å². The summed E-state index contributed by atoms with van der Waals surface area (Å²) >= 11 is 0. The summed E-state index contributed by atoms with van der Waals surface area (Å²) in [6.45, 7) is 1.11. The molecular formula is C25H24N4O5. The lowest BCUT2D eigenvalue weighted by Crippen LogP contribution is -2.59. The van der Waals surface area contributed by atoms with Gasteiger partial charge in [-0.2, -0.15) is 0 Å². The number of rotatable bonds is 5. The normalized spacial score (nSPS) is 21.7. The highest BCUT2D eigenvalue weighted by atomic mass is 16.6. The van der Waals surface area contributed by atoms with Gasteiger partial charge in [0, 0.05) is 17.8 Å². The average molecular weight is 460 g/mol. The zero-order valence-electron chi connectivity index (χ0n) is 18.4. The molecule has 2 saturated heterocycles. The van der Waals surface area contributed by atoms with E-state index in [0.717, 1.165) is 5.56 Å². The molecule has 9 heteroatoms. The van der Waals surface area contributed by atoms with E-state index in [1.807, 2.05) is 36.4 Å². The molecule has 9 nitrogen and oxygen atoms in total. The zero-order valence-corrected chi connectivity index (χ0v) is 18.4. The average Bonchev–Trinajstić information content (AvgIpc) is 3.31. The SMILES string of the molecule is O=C(NCc1cccc(N2CCOC2=O)c1)c1cccc(N2NC(=O)C3CC=CCC3C2=O)c1. The predicted molar refractivity (Wildman–Crippen MR) is 124 cm³/mol. The number of cyclic esters (lactones) is 1. The molecule has 34 heavy (non-hydrogen) atoms. The molecule has 2 N–H and O–H groups in total. The van der Waals surface area contributed by atoms with E-state index in [1.165, 1.54) is 5.01 Å². The third kappa shape index (κ3) is 4.12. The summed E-state index contributed by atoms with van der Waals surface area (Å²) in [7, 11) is 0. The van der Waals surface area contributed by atoms with Gasteiger partial charge in [-0.3, -0.25) is 24.7 Å². The molecule has 4 amide bonds. The zero-order chi connectivity index (χ0) is 23.7. The van der Waals surface area contributed by atoms with Gasteiger partial charge in [0.1, 0.15) is 6.61 Å². The van der Waals surface area contributed by atoms with Crippen LogP contribution in [0.3, 0.4) is 0 Å². The summed E-state index contributed by atoms with van der Waals surface area (Å²) in [5.41, 5.74) is 5.03. The van der Waals surface area contributed by atoms with Gasteiger partial charge < -0.3 is 10.1 Å². The molecule has 2 unspecified atom stereocenters. The van der Waals surface area contributed by atoms with Crippen LogP contribution in [0.1, 0.15) is 28.8 Å². The highest BCUT2D eigenvalue weighted by Crippen LogP contribution is 2.32. The third-order valence-corrected chi connectivity index (χ3v) is 6.33. The number of amides is 4. The van der Waals surface area contributed by atoms with Crippen LogP contribution in [0.5, 0.6) is 0 Å². The van der Waals surface area contributed by atoms with Crippen LogP contribution in [0.2, 0.25) is 0 Å². The standard InChI is InChI=1S/C25H24N4O5/c30-22(26-15-16-5-3-7-18(13-16)28-11-12-34-25(28)33)17-6-4-8-19(14-17)29-24(32)21-10-2-1-9-20(21)23(31)27-29/h1-8,13-14,20-21H,9-12,15H2,(H,26,30)(H,27,31). The molecule has 2 heterocycles. The fourth-order valence-corrected chi connectivity index (χ4v) is 4.52. The van der Waals surface area contributed by atoms with Crippen molar-refractivity contribution in [3.63, 3.8) is 0 Å². The number of fused-ring (bicyclic) bond motifs is 1. The predicted octanol–water partition coefficient (Wildman–Crippen LogP) is 2.53. The van der Waals surface area contributed by atoms with E-state index >= 15 is 0 Å². The molecular weight excluding hydrogens is 436 g/mol. The van der Waals surface area contributed by atoms with Crippen molar-refractivity contribution in [1.82, 2.24) is 10.7 Å². The molecule has 5 rings (SSSR count). The van der Waals surface area contributed by atoms with Crippen molar-refractivity contribution in [2.45, 2.75) is 19.4 Å². The Morgan fingerprint density at radius 3 is 2.56 bits per heavy atom. The molecule has 0 aromatic heterocycles. The summed E-state index contributed by atoms with van der Waals surface area (Å²) < 4.78 is 4.98. The van der Waals surface area contributed by atoms with Gasteiger partial charge in [0.2, 0.25) is 11.8 Å². The van der Waals surface area contributed by atoms with Gasteiger partial charge >= 0.3 is 6.09 Å². The van der Waals surface area contributed by atoms with E-state index in [9.17, 15) is 19.2 Å². The number of ether oxygens (including phenoxy) is 1. The Kier molecular flexibility index (Phi) is 5.75. The van der Waals surface area contributed by atoms with Crippen LogP contribution < -0.4 is 20.7 Å². The number of nitrogens with zero attached hydrogens (tertiary/aromatic N) is 2. The molecule has 3 aliphatic rings. The number of hydrazine groups is 1. The van der Waals surface area contributed by atoms with Gasteiger partial charge in [-0.05, 0) is 48.7 Å². The summed E-state index contributed by atoms with van der Waals surface area (Å²) in [6, 6.07) is 13.9. The minimum atomic E-state index is -0.392. The van der Waals surface area contributed by atoms with Gasteiger partial charge in [0.05, 0.1) is 24.1 Å². The topological polar surface area (TPSA) is 108 Å².